The van der Waals surface area contributed by atoms with Crippen molar-refractivity contribution < 1.29 is 4.79 Å². The summed E-state index contributed by atoms with van der Waals surface area (Å²) in [6.45, 7) is 1.64. The number of rotatable bonds is 3. The van der Waals surface area contributed by atoms with Crippen LogP contribution in [0, 0.1) is 11.3 Å². The second-order valence-corrected chi connectivity index (χ2v) is 3.66. The number of carbonyl (C=O) groups excluding carboxylic acids is 1. The van der Waals surface area contributed by atoms with Crippen LogP contribution in [-0.4, -0.2) is 11.9 Å². The van der Waals surface area contributed by atoms with Gasteiger partial charge in [-0.05, 0) is 24.6 Å². The van der Waals surface area contributed by atoms with E-state index in [4.69, 9.17) is 16.9 Å². The van der Waals surface area contributed by atoms with Crippen molar-refractivity contribution >= 4 is 17.5 Å². The summed E-state index contributed by atoms with van der Waals surface area (Å²) in [7, 11) is 0. The molecule has 1 N–H and O–H groups in total. The molecule has 0 radical (unpaired) electrons. The van der Waals surface area contributed by atoms with Gasteiger partial charge in [0.2, 0.25) is 5.91 Å². The van der Waals surface area contributed by atoms with Crippen LogP contribution in [0.5, 0.6) is 0 Å². The Hall–Kier alpha value is -1.53. The Labute approximate surface area is 93.7 Å². The molecule has 0 aromatic heterocycles. The van der Waals surface area contributed by atoms with Crippen LogP contribution < -0.4 is 5.32 Å². The highest BCUT2D eigenvalue weighted by molar-refractivity contribution is 6.30. The number of hydrogen-bond acceptors (Lipinski definition) is 2. The van der Waals surface area contributed by atoms with E-state index in [0.29, 0.717) is 5.02 Å². The van der Waals surface area contributed by atoms with Crippen LogP contribution in [0.1, 0.15) is 12.5 Å². The molecular formula is C11H11ClN2O. The van der Waals surface area contributed by atoms with Gasteiger partial charge in [0.1, 0.15) is 6.04 Å². The quantitative estimate of drug-likeness (QED) is 0.850. The van der Waals surface area contributed by atoms with Gasteiger partial charge in [0.25, 0.3) is 0 Å². The highest BCUT2D eigenvalue weighted by Gasteiger charge is 2.06. The Morgan fingerprint density at radius 2 is 2.13 bits per heavy atom. The van der Waals surface area contributed by atoms with E-state index in [1.807, 2.05) is 6.07 Å². The van der Waals surface area contributed by atoms with Gasteiger partial charge < -0.3 is 5.32 Å². The fourth-order valence-electron chi connectivity index (χ4n) is 1.11. The van der Waals surface area contributed by atoms with Gasteiger partial charge in [-0.15, -0.1) is 0 Å². The monoisotopic (exact) mass is 222 g/mol. The molecule has 1 aromatic carbocycles. The Morgan fingerprint density at radius 3 is 2.67 bits per heavy atom. The molecule has 78 valence electrons. The molecule has 0 fully saturated rings. The Morgan fingerprint density at radius 1 is 1.53 bits per heavy atom. The minimum Gasteiger partial charge on any atom is -0.340 e. The molecule has 0 saturated carbocycles. The standard InChI is InChI=1S/C11H11ClN2O/c1-8(7-13)14-11(15)6-9-2-4-10(12)5-3-9/h2-5,8H,6H2,1H3,(H,14,15). The zero-order chi connectivity index (χ0) is 11.3. The summed E-state index contributed by atoms with van der Waals surface area (Å²) in [6.07, 6.45) is 0.267. The van der Waals surface area contributed by atoms with Gasteiger partial charge in [0, 0.05) is 5.02 Å². The van der Waals surface area contributed by atoms with Gasteiger partial charge in [-0.1, -0.05) is 23.7 Å². The molecule has 0 bridgehead atoms. The van der Waals surface area contributed by atoms with Crippen molar-refractivity contribution in [1.29, 1.82) is 5.26 Å². The molecule has 1 atom stereocenters. The van der Waals surface area contributed by atoms with Gasteiger partial charge >= 0.3 is 0 Å². The number of nitrogens with zero attached hydrogens (tertiary/aromatic N) is 1. The maximum Gasteiger partial charge on any atom is 0.225 e. The zero-order valence-corrected chi connectivity index (χ0v) is 9.08. The van der Waals surface area contributed by atoms with Crippen LogP contribution in [0.25, 0.3) is 0 Å². The first-order valence-corrected chi connectivity index (χ1v) is 4.93. The van der Waals surface area contributed by atoms with E-state index in [1.54, 1.807) is 31.2 Å². The summed E-state index contributed by atoms with van der Waals surface area (Å²) >= 11 is 5.71. The SMILES string of the molecule is CC(C#N)NC(=O)Cc1ccc(Cl)cc1. The zero-order valence-electron chi connectivity index (χ0n) is 8.33. The average Bonchev–Trinajstić information content (AvgIpc) is 2.21. The van der Waals surface area contributed by atoms with Gasteiger partial charge in [0.05, 0.1) is 12.5 Å². The van der Waals surface area contributed by atoms with E-state index < -0.39 is 6.04 Å². The largest absolute Gasteiger partial charge is 0.340 e. The normalized spacial score (nSPS) is 11.5. The van der Waals surface area contributed by atoms with Crippen LogP contribution in [0.15, 0.2) is 24.3 Å². The lowest BCUT2D eigenvalue weighted by Crippen LogP contribution is -2.32. The predicted octanol–water partition coefficient (Wildman–Crippen LogP) is 1.91. The van der Waals surface area contributed by atoms with Crippen molar-refractivity contribution in [2.24, 2.45) is 0 Å². The van der Waals surface area contributed by atoms with Crippen molar-refractivity contribution in [2.75, 3.05) is 0 Å². The highest BCUT2D eigenvalue weighted by atomic mass is 35.5. The van der Waals surface area contributed by atoms with Crippen molar-refractivity contribution in [1.82, 2.24) is 5.32 Å². The smallest absolute Gasteiger partial charge is 0.225 e. The molecule has 15 heavy (non-hydrogen) atoms. The van der Waals surface area contributed by atoms with Gasteiger partial charge in [-0.25, -0.2) is 0 Å². The first kappa shape index (κ1) is 11.5. The second-order valence-electron chi connectivity index (χ2n) is 3.22. The van der Waals surface area contributed by atoms with Crippen LogP contribution >= 0.6 is 11.6 Å². The predicted molar refractivity (Wildman–Crippen MR) is 58.4 cm³/mol. The van der Waals surface area contributed by atoms with E-state index in [9.17, 15) is 4.79 Å². The fraction of sp³-hybridized carbons (Fsp3) is 0.273. The lowest BCUT2D eigenvalue weighted by atomic mass is 10.1. The Balaban J connectivity index is 2.52. The number of nitriles is 1. The molecular weight excluding hydrogens is 212 g/mol. The van der Waals surface area contributed by atoms with E-state index >= 15 is 0 Å². The molecule has 1 rings (SSSR count). The summed E-state index contributed by atoms with van der Waals surface area (Å²) in [4.78, 5) is 11.4. The van der Waals surface area contributed by atoms with Crippen molar-refractivity contribution in [2.45, 2.75) is 19.4 Å². The number of amides is 1. The van der Waals surface area contributed by atoms with Crippen LogP contribution in [-0.2, 0) is 11.2 Å². The van der Waals surface area contributed by atoms with E-state index in [1.165, 1.54) is 0 Å². The van der Waals surface area contributed by atoms with Gasteiger partial charge in [0.15, 0.2) is 0 Å². The summed E-state index contributed by atoms with van der Waals surface area (Å²) < 4.78 is 0. The average molecular weight is 223 g/mol. The molecule has 1 unspecified atom stereocenters. The number of benzene rings is 1. The number of halogens is 1. The summed E-state index contributed by atoms with van der Waals surface area (Å²) in [5.74, 6) is -0.161. The lowest BCUT2D eigenvalue weighted by molar-refractivity contribution is -0.120. The minimum atomic E-state index is -0.454. The second kappa shape index (κ2) is 5.38. The third-order valence-electron chi connectivity index (χ3n) is 1.85. The maximum absolute atomic E-state index is 11.4. The Kier molecular flexibility index (Phi) is 4.14. The van der Waals surface area contributed by atoms with E-state index in [2.05, 4.69) is 5.32 Å². The first-order chi connectivity index (χ1) is 7.11. The van der Waals surface area contributed by atoms with Crippen molar-refractivity contribution in [3.63, 3.8) is 0 Å². The van der Waals surface area contributed by atoms with Crippen LogP contribution in [0.2, 0.25) is 5.02 Å². The summed E-state index contributed by atoms with van der Waals surface area (Å²) in [6, 6.07) is 8.53. The minimum absolute atomic E-state index is 0.161. The molecule has 1 aromatic rings. The Bertz CT molecular complexity index is 381. The molecule has 1 amide bonds. The van der Waals surface area contributed by atoms with Crippen molar-refractivity contribution in [3.8, 4) is 6.07 Å². The summed E-state index contributed by atoms with van der Waals surface area (Å²) in [5, 5.41) is 11.7. The third-order valence-corrected chi connectivity index (χ3v) is 2.10. The topological polar surface area (TPSA) is 52.9 Å². The molecule has 0 saturated heterocycles. The van der Waals surface area contributed by atoms with Crippen molar-refractivity contribution in [3.05, 3.63) is 34.9 Å². The first-order valence-electron chi connectivity index (χ1n) is 4.55. The number of carbonyl (C=O) groups is 1. The molecule has 4 heteroatoms. The fourth-order valence-corrected chi connectivity index (χ4v) is 1.24. The third kappa shape index (κ3) is 4.01. The summed E-state index contributed by atoms with van der Waals surface area (Å²) in [5.41, 5.74) is 0.877. The van der Waals surface area contributed by atoms with Crippen LogP contribution in [0.3, 0.4) is 0 Å². The van der Waals surface area contributed by atoms with Gasteiger partial charge in [-0.2, -0.15) is 5.26 Å². The molecule has 0 aliphatic carbocycles. The molecule has 0 aliphatic rings. The number of nitrogens with one attached hydrogen (secondary N) is 1. The van der Waals surface area contributed by atoms with E-state index in [0.717, 1.165) is 5.56 Å². The van der Waals surface area contributed by atoms with Crippen LogP contribution in [0.4, 0.5) is 0 Å². The van der Waals surface area contributed by atoms with E-state index in [-0.39, 0.29) is 12.3 Å². The molecule has 0 spiro atoms. The maximum atomic E-state index is 11.4. The molecule has 0 heterocycles. The highest BCUT2D eigenvalue weighted by Crippen LogP contribution is 2.09. The number of hydrogen-bond donors (Lipinski definition) is 1. The molecule has 3 nitrogen and oxygen atoms in total. The lowest BCUT2D eigenvalue weighted by Gasteiger charge is -2.06. The molecule has 0 aliphatic heterocycles. The van der Waals surface area contributed by atoms with Gasteiger partial charge in [-0.3, -0.25) is 4.79 Å².